The topological polar surface area (TPSA) is 129 Å². The first-order valence-corrected chi connectivity index (χ1v) is 5.53. The fourth-order valence-electron chi connectivity index (χ4n) is 1.03. The van der Waals surface area contributed by atoms with Crippen molar-refractivity contribution >= 4 is 17.8 Å². The van der Waals surface area contributed by atoms with E-state index in [2.05, 4.69) is 20.3 Å². The van der Waals surface area contributed by atoms with Crippen molar-refractivity contribution in [3.63, 3.8) is 0 Å². The Bertz CT molecular complexity index is 434. The summed E-state index contributed by atoms with van der Waals surface area (Å²) in [5.41, 5.74) is 10.1. The first-order valence-electron chi connectivity index (χ1n) is 5.53. The summed E-state index contributed by atoms with van der Waals surface area (Å²) in [6, 6.07) is 0.143. The second kappa shape index (κ2) is 5.48. The van der Waals surface area contributed by atoms with Gasteiger partial charge in [0.2, 0.25) is 17.8 Å². The summed E-state index contributed by atoms with van der Waals surface area (Å²) in [6.07, 6.45) is 0. The van der Waals surface area contributed by atoms with Gasteiger partial charge in [-0.25, -0.2) is 0 Å². The normalized spacial score (nSPS) is 11.1. The first-order chi connectivity index (χ1) is 8.35. The summed E-state index contributed by atoms with van der Waals surface area (Å²) >= 11 is 0. The predicted molar refractivity (Wildman–Crippen MR) is 66.9 cm³/mol. The number of aromatic nitrogens is 3. The Morgan fingerprint density at radius 1 is 1.39 bits per heavy atom. The molecule has 0 spiro atoms. The van der Waals surface area contributed by atoms with Gasteiger partial charge in [-0.15, -0.1) is 0 Å². The SMILES string of the molecule is CCOc1nc(N)nc(NCC(C)(C)C(N)=O)n1. The van der Waals surface area contributed by atoms with E-state index in [-0.39, 0.29) is 24.5 Å². The van der Waals surface area contributed by atoms with Crippen molar-refractivity contribution in [2.75, 3.05) is 24.2 Å². The number of carbonyl (C=O) groups excluding carboxylic acids is 1. The number of primary amides is 1. The number of nitrogen functional groups attached to an aromatic ring is 1. The van der Waals surface area contributed by atoms with Gasteiger partial charge in [0.05, 0.1) is 12.0 Å². The first kappa shape index (κ1) is 13.9. The Morgan fingerprint density at radius 3 is 2.61 bits per heavy atom. The molecule has 1 rings (SSSR count). The van der Waals surface area contributed by atoms with Crippen LogP contribution in [0.3, 0.4) is 0 Å². The number of nitrogens with zero attached hydrogens (tertiary/aromatic N) is 3. The molecule has 1 amide bonds. The summed E-state index contributed by atoms with van der Waals surface area (Å²) < 4.78 is 5.13. The third kappa shape index (κ3) is 3.72. The van der Waals surface area contributed by atoms with Crippen molar-refractivity contribution in [2.24, 2.45) is 11.1 Å². The number of nitrogens with one attached hydrogen (secondary N) is 1. The largest absolute Gasteiger partial charge is 0.464 e. The summed E-state index contributed by atoms with van der Waals surface area (Å²) in [5, 5.41) is 2.88. The maximum absolute atomic E-state index is 11.2. The van der Waals surface area contributed by atoms with Crippen LogP contribution >= 0.6 is 0 Å². The zero-order chi connectivity index (χ0) is 13.8. The molecule has 5 N–H and O–H groups in total. The number of rotatable bonds is 6. The van der Waals surface area contributed by atoms with Gasteiger partial charge >= 0.3 is 6.01 Å². The molecular formula is C10H18N6O2. The third-order valence-corrected chi connectivity index (χ3v) is 2.26. The molecule has 0 fully saturated rings. The van der Waals surface area contributed by atoms with Crippen LogP contribution in [0.5, 0.6) is 6.01 Å². The van der Waals surface area contributed by atoms with Crippen LogP contribution in [0.15, 0.2) is 0 Å². The highest BCUT2D eigenvalue weighted by Crippen LogP contribution is 2.15. The number of amides is 1. The standard InChI is InChI=1S/C10H18N6O2/c1-4-18-9-15-7(12)14-8(16-9)13-5-10(2,3)6(11)17/h4-5H2,1-3H3,(H2,11,17)(H3,12,13,14,15,16). The van der Waals surface area contributed by atoms with Gasteiger partial charge in [-0.1, -0.05) is 0 Å². The van der Waals surface area contributed by atoms with E-state index in [1.807, 2.05) is 6.92 Å². The molecule has 0 aliphatic carbocycles. The summed E-state index contributed by atoms with van der Waals surface area (Å²) in [5.74, 6) is -0.116. The van der Waals surface area contributed by atoms with E-state index < -0.39 is 11.3 Å². The Kier molecular flexibility index (Phi) is 4.24. The van der Waals surface area contributed by atoms with E-state index in [4.69, 9.17) is 16.2 Å². The monoisotopic (exact) mass is 254 g/mol. The number of nitrogens with two attached hydrogens (primary N) is 2. The van der Waals surface area contributed by atoms with Crippen molar-refractivity contribution in [1.29, 1.82) is 0 Å². The van der Waals surface area contributed by atoms with Crippen LogP contribution in [-0.2, 0) is 4.79 Å². The van der Waals surface area contributed by atoms with Gasteiger partial charge in [0.1, 0.15) is 0 Å². The molecule has 8 heteroatoms. The minimum atomic E-state index is -0.715. The number of hydrogen-bond acceptors (Lipinski definition) is 7. The second-order valence-electron chi connectivity index (χ2n) is 4.33. The van der Waals surface area contributed by atoms with Gasteiger partial charge < -0.3 is 21.5 Å². The second-order valence-corrected chi connectivity index (χ2v) is 4.33. The molecule has 0 aliphatic rings. The van der Waals surface area contributed by atoms with Crippen LogP contribution in [-0.4, -0.2) is 34.0 Å². The highest BCUT2D eigenvalue weighted by atomic mass is 16.5. The molecule has 0 aromatic carbocycles. The number of carbonyl (C=O) groups is 1. The van der Waals surface area contributed by atoms with Crippen LogP contribution in [0.4, 0.5) is 11.9 Å². The molecule has 18 heavy (non-hydrogen) atoms. The number of anilines is 2. The Hall–Kier alpha value is -2.12. The summed E-state index contributed by atoms with van der Waals surface area (Å²) in [4.78, 5) is 22.9. The fourth-order valence-corrected chi connectivity index (χ4v) is 1.03. The van der Waals surface area contributed by atoms with Gasteiger partial charge in [-0.3, -0.25) is 4.79 Å². The lowest BCUT2D eigenvalue weighted by Gasteiger charge is -2.20. The van der Waals surface area contributed by atoms with E-state index in [0.717, 1.165) is 0 Å². The van der Waals surface area contributed by atoms with Crippen molar-refractivity contribution < 1.29 is 9.53 Å². The quantitative estimate of drug-likeness (QED) is 0.639. The molecule has 0 saturated heterocycles. The Balaban J connectivity index is 2.76. The van der Waals surface area contributed by atoms with E-state index in [9.17, 15) is 4.79 Å². The van der Waals surface area contributed by atoms with Gasteiger partial charge in [0.15, 0.2) is 0 Å². The van der Waals surface area contributed by atoms with Gasteiger partial charge in [-0.05, 0) is 20.8 Å². The third-order valence-electron chi connectivity index (χ3n) is 2.26. The van der Waals surface area contributed by atoms with Crippen LogP contribution in [0.25, 0.3) is 0 Å². The molecular weight excluding hydrogens is 236 g/mol. The van der Waals surface area contributed by atoms with E-state index in [1.165, 1.54) is 0 Å². The smallest absolute Gasteiger partial charge is 0.323 e. The maximum atomic E-state index is 11.2. The molecule has 0 saturated carbocycles. The number of hydrogen-bond donors (Lipinski definition) is 3. The van der Waals surface area contributed by atoms with Crippen molar-refractivity contribution in [2.45, 2.75) is 20.8 Å². The average molecular weight is 254 g/mol. The highest BCUT2D eigenvalue weighted by molar-refractivity contribution is 5.80. The molecule has 0 unspecified atom stereocenters. The lowest BCUT2D eigenvalue weighted by molar-refractivity contribution is -0.125. The van der Waals surface area contributed by atoms with Crippen LogP contribution < -0.4 is 21.5 Å². The molecule has 0 bridgehead atoms. The Morgan fingerprint density at radius 2 is 2.06 bits per heavy atom. The summed E-state index contributed by atoms with van der Waals surface area (Å²) in [7, 11) is 0. The van der Waals surface area contributed by atoms with Gasteiger partial charge in [-0.2, -0.15) is 15.0 Å². The van der Waals surface area contributed by atoms with Crippen LogP contribution in [0, 0.1) is 5.41 Å². The molecule has 1 aromatic heterocycles. The maximum Gasteiger partial charge on any atom is 0.323 e. The highest BCUT2D eigenvalue weighted by Gasteiger charge is 2.25. The molecule has 0 aliphatic heterocycles. The Labute approximate surface area is 105 Å². The van der Waals surface area contributed by atoms with E-state index in [0.29, 0.717) is 6.61 Å². The number of ether oxygens (including phenoxy) is 1. The minimum Gasteiger partial charge on any atom is -0.464 e. The van der Waals surface area contributed by atoms with E-state index >= 15 is 0 Å². The lowest BCUT2D eigenvalue weighted by Crippen LogP contribution is -2.37. The van der Waals surface area contributed by atoms with Gasteiger partial charge in [0, 0.05) is 6.54 Å². The predicted octanol–water partition coefficient (Wildman–Crippen LogP) is -0.224. The average Bonchev–Trinajstić information content (AvgIpc) is 2.26. The molecule has 100 valence electrons. The molecule has 0 atom stereocenters. The van der Waals surface area contributed by atoms with Crippen molar-refractivity contribution in [3.05, 3.63) is 0 Å². The zero-order valence-corrected chi connectivity index (χ0v) is 10.7. The van der Waals surface area contributed by atoms with Crippen molar-refractivity contribution in [3.8, 4) is 6.01 Å². The van der Waals surface area contributed by atoms with Crippen LogP contribution in [0.2, 0.25) is 0 Å². The molecule has 1 aromatic rings. The van der Waals surface area contributed by atoms with Crippen molar-refractivity contribution in [1.82, 2.24) is 15.0 Å². The van der Waals surface area contributed by atoms with E-state index in [1.54, 1.807) is 13.8 Å². The summed E-state index contributed by atoms with van der Waals surface area (Å²) in [6.45, 7) is 5.96. The van der Waals surface area contributed by atoms with Gasteiger partial charge in [0.25, 0.3) is 0 Å². The molecule has 1 heterocycles. The zero-order valence-electron chi connectivity index (χ0n) is 10.7. The minimum absolute atomic E-state index is 0.0489. The molecule has 0 radical (unpaired) electrons. The molecule has 8 nitrogen and oxygen atoms in total. The lowest BCUT2D eigenvalue weighted by atomic mass is 9.93. The fraction of sp³-hybridized carbons (Fsp3) is 0.600. The van der Waals surface area contributed by atoms with Crippen LogP contribution in [0.1, 0.15) is 20.8 Å².